The Balaban J connectivity index is 1.99. The van der Waals surface area contributed by atoms with Gasteiger partial charge in [-0.25, -0.2) is 4.68 Å². The molecule has 22 heavy (non-hydrogen) atoms. The van der Waals surface area contributed by atoms with Crippen molar-refractivity contribution < 1.29 is 4.79 Å². The van der Waals surface area contributed by atoms with E-state index in [0.29, 0.717) is 12.2 Å². The molecule has 0 aromatic carbocycles. The number of nitrogen functional groups attached to an aromatic ring is 1. The molecule has 0 amide bonds. The summed E-state index contributed by atoms with van der Waals surface area (Å²) in [6.07, 6.45) is 0.842. The summed E-state index contributed by atoms with van der Waals surface area (Å²) >= 11 is 0. The molecule has 0 spiro atoms. The number of aromatic nitrogens is 2. The number of carbonyl (C=O) groups is 1. The second kappa shape index (κ2) is 7.02. The van der Waals surface area contributed by atoms with Crippen molar-refractivity contribution in [2.24, 2.45) is 0 Å². The molecule has 1 saturated heterocycles. The van der Waals surface area contributed by atoms with Crippen molar-refractivity contribution in [3.8, 4) is 0 Å². The maximum atomic E-state index is 12.2. The van der Waals surface area contributed by atoms with Gasteiger partial charge in [-0.2, -0.15) is 5.10 Å². The Bertz CT molecular complexity index is 603. The molecule has 0 atom stereocenters. The van der Waals surface area contributed by atoms with Gasteiger partial charge < -0.3 is 15.5 Å². The Labute approximate surface area is 130 Å². The Kier molecular flexibility index (Phi) is 5.31. The highest BCUT2D eigenvalue weighted by atomic mass is 16.1. The van der Waals surface area contributed by atoms with Crippen LogP contribution in [0.1, 0.15) is 29.4 Å². The van der Waals surface area contributed by atoms with Gasteiger partial charge in [0.15, 0.2) is 5.78 Å². The average molecular weight is 307 g/mol. The van der Waals surface area contributed by atoms with Crippen LogP contribution in [0.15, 0.2) is 4.79 Å². The zero-order valence-corrected chi connectivity index (χ0v) is 13.6. The van der Waals surface area contributed by atoms with Crippen LogP contribution < -0.4 is 11.3 Å². The molecule has 2 rings (SSSR count). The smallest absolute Gasteiger partial charge is 0.290 e. The van der Waals surface area contributed by atoms with Gasteiger partial charge in [0, 0.05) is 39.3 Å². The molecule has 1 aliphatic rings. The summed E-state index contributed by atoms with van der Waals surface area (Å²) in [5.41, 5.74) is 6.22. The topological polar surface area (TPSA) is 84.5 Å². The molecule has 7 nitrogen and oxygen atoms in total. The van der Waals surface area contributed by atoms with E-state index >= 15 is 0 Å². The maximum Gasteiger partial charge on any atom is 0.290 e. The standard InChI is InChI=1S/C15H25N5O2/c1-11-13(12(2)21)14(16)15(22)20(17-11)6-4-5-19-9-7-18(3)8-10-19/h4-10,16H2,1-3H3. The zero-order valence-electron chi connectivity index (χ0n) is 13.6. The number of ketones is 1. The molecule has 2 heterocycles. The van der Waals surface area contributed by atoms with E-state index in [1.54, 1.807) is 6.92 Å². The molecule has 1 aromatic rings. The van der Waals surface area contributed by atoms with Crippen LogP contribution in [0.25, 0.3) is 0 Å². The van der Waals surface area contributed by atoms with Crippen LogP contribution in [0, 0.1) is 6.92 Å². The Morgan fingerprint density at radius 2 is 1.86 bits per heavy atom. The van der Waals surface area contributed by atoms with Gasteiger partial charge in [0.2, 0.25) is 0 Å². The predicted octanol–water partition coefficient (Wildman–Crippen LogP) is -0.0260. The number of hydrogen-bond acceptors (Lipinski definition) is 6. The molecular weight excluding hydrogens is 282 g/mol. The number of aryl methyl sites for hydroxylation is 2. The lowest BCUT2D eigenvalue weighted by Gasteiger charge is -2.32. The van der Waals surface area contributed by atoms with Crippen LogP contribution in [0.3, 0.4) is 0 Å². The minimum absolute atomic E-state index is 0.0135. The lowest BCUT2D eigenvalue weighted by atomic mass is 10.1. The fourth-order valence-electron chi connectivity index (χ4n) is 2.83. The zero-order chi connectivity index (χ0) is 16.3. The number of nitrogens with two attached hydrogens (primary N) is 1. The number of rotatable bonds is 5. The minimum Gasteiger partial charge on any atom is -0.394 e. The van der Waals surface area contributed by atoms with Crippen molar-refractivity contribution in [1.29, 1.82) is 0 Å². The van der Waals surface area contributed by atoms with Crippen LogP contribution in [0.2, 0.25) is 0 Å². The molecule has 1 aliphatic heterocycles. The van der Waals surface area contributed by atoms with Crippen LogP contribution in [-0.2, 0) is 6.54 Å². The third-order valence-electron chi connectivity index (χ3n) is 4.16. The summed E-state index contributed by atoms with van der Waals surface area (Å²) in [6.45, 7) is 8.85. The highest BCUT2D eigenvalue weighted by Crippen LogP contribution is 2.10. The van der Waals surface area contributed by atoms with Crippen LogP contribution in [-0.4, -0.2) is 65.1 Å². The first-order valence-electron chi connectivity index (χ1n) is 7.69. The summed E-state index contributed by atoms with van der Waals surface area (Å²) in [6, 6.07) is 0. The number of carbonyl (C=O) groups excluding carboxylic acids is 1. The van der Waals surface area contributed by atoms with E-state index in [2.05, 4.69) is 21.9 Å². The van der Waals surface area contributed by atoms with Gasteiger partial charge in [-0.05, 0) is 27.3 Å². The first-order chi connectivity index (χ1) is 10.4. The molecule has 0 radical (unpaired) electrons. The molecule has 122 valence electrons. The molecule has 2 N–H and O–H groups in total. The van der Waals surface area contributed by atoms with E-state index in [-0.39, 0.29) is 22.6 Å². The second-order valence-corrected chi connectivity index (χ2v) is 5.96. The number of hydrogen-bond donors (Lipinski definition) is 1. The Hall–Kier alpha value is -1.73. The summed E-state index contributed by atoms with van der Waals surface area (Å²) < 4.78 is 1.38. The fourth-order valence-corrected chi connectivity index (χ4v) is 2.83. The predicted molar refractivity (Wildman–Crippen MR) is 86.2 cm³/mol. The lowest BCUT2D eigenvalue weighted by Crippen LogP contribution is -2.45. The van der Waals surface area contributed by atoms with E-state index in [1.165, 1.54) is 11.6 Å². The number of Topliss-reactive ketones (excluding diaryl/α,β-unsaturated/α-hetero) is 1. The molecule has 0 saturated carbocycles. The Morgan fingerprint density at radius 3 is 2.45 bits per heavy atom. The molecule has 1 fully saturated rings. The summed E-state index contributed by atoms with van der Waals surface area (Å²) in [7, 11) is 2.13. The van der Waals surface area contributed by atoms with E-state index in [1.807, 2.05) is 0 Å². The van der Waals surface area contributed by atoms with Crippen molar-refractivity contribution in [3.63, 3.8) is 0 Å². The van der Waals surface area contributed by atoms with E-state index in [0.717, 1.165) is 39.1 Å². The number of likely N-dealkylation sites (N-methyl/N-ethyl adjacent to an activating group) is 1. The average Bonchev–Trinajstić information content (AvgIpc) is 2.46. The van der Waals surface area contributed by atoms with Gasteiger partial charge in [-0.15, -0.1) is 0 Å². The lowest BCUT2D eigenvalue weighted by molar-refractivity contribution is 0.101. The van der Waals surface area contributed by atoms with Gasteiger partial charge >= 0.3 is 0 Å². The first kappa shape index (κ1) is 16.6. The second-order valence-electron chi connectivity index (χ2n) is 5.96. The van der Waals surface area contributed by atoms with Crippen LogP contribution >= 0.6 is 0 Å². The molecule has 0 aliphatic carbocycles. The Morgan fingerprint density at radius 1 is 1.23 bits per heavy atom. The quantitative estimate of drug-likeness (QED) is 0.769. The van der Waals surface area contributed by atoms with Crippen molar-refractivity contribution in [1.82, 2.24) is 19.6 Å². The first-order valence-corrected chi connectivity index (χ1v) is 7.69. The van der Waals surface area contributed by atoms with Gasteiger partial charge in [0.1, 0.15) is 5.69 Å². The summed E-state index contributed by atoms with van der Waals surface area (Å²) in [5.74, 6) is -0.218. The largest absolute Gasteiger partial charge is 0.394 e. The van der Waals surface area contributed by atoms with E-state index < -0.39 is 0 Å². The molecule has 0 bridgehead atoms. The summed E-state index contributed by atoms with van der Waals surface area (Å²) in [5, 5.41) is 4.23. The van der Waals surface area contributed by atoms with Gasteiger partial charge in [0.25, 0.3) is 5.56 Å². The highest BCUT2D eigenvalue weighted by Gasteiger charge is 2.17. The molecule has 0 unspecified atom stereocenters. The molecule has 7 heteroatoms. The highest BCUT2D eigenvalue weighted by molar-refractivity contribution is 5.99. The van der Waals surface area contributed by atoms with E-state index in [9.17, 15) is 9.59 Å². The minimum atomic E-state index is -0.367. The third kappa shape index (κ3) is 3.72. The fraction of sp³-hybridized carbons (Fsp3) is 0.667. The van der Waals surface area contributed by atoms with Gasteiger partial charge in [-0.3, -0.25) is 9.59 Å². The van der Waals surface area contributed by atoms with Crippen molar-refractivity contribution in [2.75, 3.05) is 45.5 Å². The number of anilines is 1. The van der Waals surface area contributed by atoms with Gasteiger partial charge in [0.05, 0.1) is 11.3 Å². The van der Waals surface area contributed by atoms with Gasteiger partial charge in [-0.1, -0.05) is 0 Å². The van der Waals surface area contributed by atoms with Crippen LogP contribution in [0.5, 0.6) is 0 Å². The molecule has 1 aromatic heterocycles. The van der Waals surface area contributed by atoms with Crippen molar-refractivity contribution in [3.05, 3.63) is 21.6 Å². The third-order valence-corrected chi connectivity index (χ3v) is 4.16. The number of piperazine rings is 1. The SMILES string of the molecule is CC(=O)c1c(C)nn(CCCN2CCN(C)CC2)c(=O)c1N. The van der Waals surface area contributed by atoms with Crippen LogP contribution in [0.4, 0.5) is 5.69 Å². The van der Waals surface area contributed by atoms with Crippen molar-refractivity contribution >= 4 is 11.5 Å². The summed E-state index contributed by atoms with van der Waals surface area (Å²) in [4.78, 5) is 28.4. The molecular formula is C15H25N5O2. The van der Waals surface area contributed by atoms with Crippen molar-refractivity contribution in [2.45, 2.75) is 26.8 Å². The van der Waals surface area contributed by atoms with E-state index in [4.69, 9.17) is 5.73 Å². The maximum absolute atomic E-state index is 12.2. The number of nitrogens with zero attached hydrogens (tertiary/aromatic N) is 4. The normalized spacial score (nSPS) is 16.9. The monoisotopic (exact) mass is 307 g/mol.